The molecular weight excluding hydrogens is 318 g/mol. The van der Waals surface area contributed by atoms with Crippen LogP contribution in [0.2, 0.25) is 0 Å². The number of rotatable bonds is 6. The van der Waals surface area contributed by atoms with E-state index in [4.69, 9.17) is 9.47 Å². The maximum absolute atomic E-state index is 5.85. The Hall–Kier alpha value is -1.00. The molecule has 1 aliphatic heterocycles. The van der Waals surface area contributed by atoms with E-state index >= 15 is 0 Å². The molecule has 0 fully saturated rings. The van der Waals surface area contributed by atoms with E-state index in [2.05, 4.69) is 40.3 Å². The summed E-state index contributed by atoms with van der Waals surface area (Å²) in [6, 6.07) is 6.20. The van der Waals surface area contributed by atoms with Crippen molar-refractivity contribution in [2.24, 2.45) is 0 Å². The van der Waals surface area contributed by atoms with Crippen molar-refractivity contribution in [3.05, 3.63) is 40.1 Å². The predicted octanol–water partition coefficient (Wildman–Crippen LogP) is 4.19. The van der Waals surface area contributed by atoms with Crippen LogP contribution in [0.1, 0.15) is 37.8 Å². The number of methoxy groups -OCH3 is 1. The Labute approximate surface area is 129 Å². The van der Waals surface area contributed by atoms with Gasteiger partial charge in [0, 0.05) is 10.0 Å². The number of halogens is 1. The fourth-order valence-electron chi connectivity index (χ4n) is 2.35. The monoisotopic (exact) mass is 339 g/mol. The molecule has 20 heavy (non-hydrogen) atoms. The molecule has 1 unspecified atom stereocenters. The van der Waals surface area contributed by atoms with Crippen LogP contribution in [0.5, 0.6) is 5.75 Å². The Morgan fingerprint density at radius 2 is 2.30 bits per heavy atom. The van der Waals surface area contributed by atoms with E-state index in [1.807, 2.05) is 12.1 Å². The summed E-state index contributed by atoms with van der Waals surface area (Å²) < 4.78 is 12.4. The van der Waals surface area contributed by atoms with Crippen LogP contribution in [-0.4, -0.2) is 20.3 Å². The van der Waals surface area contributed by atoms with Crippen molar-refractivity contribution in [1.82, 2.24) is 5.32 Å². The number of hydrogen-bond acceptors (Lipinski definition) is 3. The molecule has 0 bridgehead atoms. The second kappa shape index (κ2) is 7.70. The van der Waals surface area contributed by atoms with Gasteiger partial charge in [-0.2, -0.15) is 0 Å². The van der Waals surface area contributed by atoms with Crippen LogP contribution in [0.15, 0.2) is 34.5 Å². The topological polar surface area (TPSA) is 30.5 Å². The fraction of sp³-hybridized carbons (Fsp3) is 0.500. The van der Waals surface area contributed by atoms with Crippen molar-refractivity contribution >= 4 is 15.9 Å². The Kier molecular flexibility index (Phi) is 5.92. The molecule has 2 rings (SSSR count). The summed E-state index contributed by atoms with van der Waals surface area (Å²) in [5, 5.41) is 3.56. The van der Waals surface area contributed by atoms with Gasteiger partial charge in [-0.25, -0.2) is 0 Å². The quantitative estimate of drug-likeness (QED) is 0.842. The lowest BCUT2D eigenvalue weighted by Gasteiger charge is -2.26. The van der Waals surface area contributed by atoms with Crippen LogP contribution < -0.4 is 10.1 Å². The Bertz CT molecular complexity index is 474. The first-order chi connectivity index (χ1) is 9.76. The molecule has 0 saturated heterocycles. The molecule has 0 aliphatic carbocycles. The number of nitrogens with one attached hydrogen (secondary N) is 1. The van der Waals surface area contributed by atoms with Gasteiger partial charge >= 0.3 is 0 Å². The van der Waals surface area contributed by atoms with Gasteiger partial charge in [0.25, 0.3) is 0 Å². The number of ether oxygens (including phenoxy) is 2. The van der Waals surface area contributed by atoms with Crippen LogP contribution in [0.4, 0.5) is 0 Å². The SMILES string of the molecule is CCCNC(C1=CCCCO1)c1ccc(Br)cc1OC. The molecule has 110 valence electrons. The van der Waals surface area contributed by atoms with E-state index in [-0.39, 0.29) is 6.04 Å². The van der Waals surface area contributed by atoms with Crippen LogP contribution >= 0.6 is 15.9 Å². The highest BCUT2D eigenvalue weighted by Gasteiger charge is 2.22. The van der Waals surface area contributed by atoms with Crippen molar-refractivity contribution < 1.29 is 9.47 Å². The van der Waals surface area contributed by atoms with Gasteiger partial charge in [0.2, 0.25) is 0 Å². The highest BCUT2D eigenvalue weighted by molar-refractivity contribution is 9.10. The summed E-state index contributed by atoms with van der Waals surface area (Å²) >= 11 is 3.49. The standard InChI is InChI=1S/C16H22BrNO2/c1-3-9-18-16(14-6-4-5-10-20-14)13-8-7-12(17)11-15(13)19-2/h6-8,11,16,18H,3-5,9-10H2,1-2H3. The van der Waals surface area contributed by atoms with E-state index in [9.17, 15) is 0 Å². The Morgan fingerprint density at radius 3 is 2.95 bits per heavy atom. The third kappa shape index (κ3) is 3.76. The van der Waals surface area contributed by atoms with Gasteiger partial charge in [0.05, 0.1) is 19.8 Å². The van der Waals surface area contributed by atoms with E-state index < -0.39 is 0 Å². The van der Waals surface area contributed by atoms with E-state index in [1.54, 1.807) is 7.11 Å². The maximum atomic E-state index is 5.85. The van der Waals surface area contributed by atoms with Crippen molar-refractivity contribution in [2.75, 3.05) is 20.3 Å². The molecule has 3 nitrogen and oxygen atoms in total. The Balaban J connectivity index is 2.32. The summed E-state index contributed by atoms with van der Waals surface area (Å²) in [5.41, 5.74) is 1.12. The largest absolute Gasteiger partial charge is 0.496 e. The molecule has 1 heterocycles. The highest BCUT2D eigenvalue weighted by atomic mass is 79.9. The zero-order valence-corrected chi connectivity index (χ0v) is 13.7. The number of allylic oxidation sites excluding steroid dienone is 1. The third-order valence-electron chi connectivity index (χ3n) is 3.35. The summed E-state index contributed by atoms with van der Waals surface area (Å²) in [6.45, 7) is 3.92. The number of benzene rings is 1. The molecule has 0 saturated carbocycles. The lowest BCUT2D eigenvalue weighted by molar-refractivity contribution is 0.167. The summed E-state index contributed by atoms with van der Waals surface area (Å²) in [5.74, 6) is 1.90. The molecule has 1 atom stereocenters. The zero-order chi connectivity index (χ0) is 14.4. The fourth-order valence-corrected chi connectivity index (χ4v) is 2.69. The average Bonchev–Trinajstić information content (AvgIpc) is 2.49. The second-order valence-electron chi connectivity index (χ2n) is 4.87. The molecule has 0 aromatic heterocycles. The maximum Gasteiger partial charge on any atom is 0.125 e. The van der Waals surface area contributed by atoms with Gasteiger partial charge in [-0.1, -0.05) is 28.9 Å². The zero-order valence-electron chi connectivity index (χ0n) is 12.1. The first-order valence-electron chi connectivity index (χ1n) is 7.16. The second-order valence-corrected chi connectivity index (χ2v) is 5.79. The van der Waals surface area contributed by atoms with Gasteiger partial charge in [-0.15, -0.1) is 0 Å². The molecule has 1 aliphatic rings. The van der Waals surface area contributed by atoms with E-state index in [1.165, 1.54) is 0 Å². The molecule has 1 aromatic rings. The summed E-state index contributed by atoms with van der Waals surface area (Å²) in [6.07, 6.45) is 5.46. The lowest BCUT2D eigenvalue weighted by atomic mass is 10.0. The van der Waals surface area contributed by atoms with Crippen molar-refractivity contribution in [3.8, 4) is 5.75 Å². The first kappa shape index (κ1) is 15.4. The summed E-state index contributed by atoms with van der Waals surface area (Å²) in [4.78, 5) is 0. The molecule has 1 N–H and O–H groups in total. The van der Waals surface area contributed by atoms with Crippen LogP contribution in [0.3, 0.4) is 0 Å². The average molecular weight is 340 g/mol. The van der Waals surface area contributed by atoms with Crippen LogP contribution in [0, 0.1) is 0 Å². The molecule has 1 aromatic carbocycles. The van der Waals surface area contributed by atoms with Gasteiger partial charge in [-0.3, -0.25) is 0 Å². The van der Waals surface area contributed by atoms with Gasteiger partial charge in [0.15, 0.2) is 0 Å². The van der Waals surface area contributed by atoms with Crippen molar-refractivity contribution in [1.29, 1.82) is 0 Å². The Morgan fingerprint density at radius 1 is 1.45 bits per heavy atom. The third-order valence-corrected chi connectivity index (χ3v) is 3.85. The molecular formula is C16H22BrNO2. The van der Waals surface area contributed by atoms with Crippen LogP contribution in [0.25, 0.3) is 0 Å². The lowest BCUT2D eigenvalue weighted by Crippen LogP contribution is -2.26. The normalized spacial score (nSPS) is 16.2. The summed E-state index contributed by atoms with van der Waals surface area (Å²) in [7, 11) is 1.71. The van der Waals surface area contributed by atoms with Crippen LogP contribution in [-0.2, 0) is 4.74 Å². The van der Waals surface area contributed by atoms with E-state index in [0.717, 1.165) is 54.0 Å². The molecule has 0 spiro atoms. The first-order valence-corrected chi connectivity index (χ1v) is 7.95. The van der Waals surface area contributed by atoms with Gasteiger partial charge in [0.1, 0.15) is 11.5 Å². The van der Waals surface area contributed by atoms with Gasteiger partial charge < -0.3 is 14.8 Å². The molecule has 0 radical (unpaired) electrons. The van der Waals surface area contributed by atoms with Crippen molar-refractivity contribution in [3.63, 3.8) is 0 Å². The number of hydrogen-bond donors (Lipinski definition) is 1. The molecule has 4 heteroatoms. The minimum atomic E-state index is 0.0679. The van der Waals surface area contributed by atoms with Crippen molar-refractivity contribution in [2.45, 2.75) is 32.2 Å². The molecule has 0 amide bonds. The smallest absolute Gasteiger partial charge is 0.125 e. The van der Waals surface area contributed by atoms with Gasteiger partial charge in [-0.05, 0) is 44.0 Å². The predicted molar refractivity (Wildman–Crippen MR) is 85.0 cm³/mol. The minimum Gasteiger partial charge on any atom is -0.496 e. The van der Waals surface area contributed by atoms with E-state index in [0.29, 0.717) is 0 Å². The minimum absolute atomic E-state index is 0.0679. The highest BCUT2D eigenvalue weighted by Crippen LogP contribution is 2.34.